The number of hydrogen-bond acceptors (Lipinski definition) is 0. The molecule has 1 nitrogen and oxygen atoms in total. The van der Waals surface area contributed by atoms with Crippen molar-refractivity contribution in [2.45, 2.75) is 71.0 Å². The predicted octanol–water partition coefficient (Wildman–Crippen LogP) is 6.83. The SMILES string of the molecule is [2H]C([2H])(c1cc(-c2cc(-c3ccccc3)c([Si](C)(C)C)cc2C)[n+](C)c[c]1[Ge]([CH3])([CH3])[CH3])C(C)(C)C. The molecule has 0 N–H and O–H groups in total. The van der Waals surface area contributed by atoms with Crippen molar-refractivity contribution >= 4 is 30.9 Å². The normalized spacial score (nSPS) is 14.2. The van der Waals surface area contributed by atoms with Gasteiger partial charge in [0.15, 0.2) is 0 Å². The molecule has 0 aliphatic carbocycles. The van der Waals surface area contributed by atoms with Gasteiger partial charge in [-0.2, -0.15) is 0 Å². The molecule has 0 aliphatic rings. The molecule has 0 amide bonds. The van der Waals surface area contributed by atoms with Gasteiger partial charge in [-0.15, -0.1) is 0 Å². The van der Waals surface area contributed by atoms with E-state index in [9.17, 15) is 2.74 Å². The van der Waals surface area contributed by atoms with Crippen molar-refractivity contribution in [3.05, 3.63) is 65.9 Å². The van der Waals surface area contributed by atoms with Crippen LogP contribution in [0, 0.1) is 12.3 Å². The second-order valence-electron chi connectivity index (χ2n) is 12.6. The second kappa shape index (κ2) is 9.19. The number of pyridine rings is 1. The molecular weight excluding hydrogens is 475 g/mol. The fraction of sp³-hybridized carbons (Fsp3) is 0.433. The van der Waals surface area contributed by atoms with Crippen LogP contribution in [0.2, 0.25) is 36.9 Å². The van der Waals surface area contributed by atoms with Gasteiger partial charge >= 0.3 is 210 Å². The first-order chi connectivity index (χ1) is 15.9. The number of benzene rings is 2. The van der Waals surface area contributed by atoms with Gasteiger partial charge in [-0.3, -0.25) is 0 Å². The zero-order valence-electron chi connectivity index (χ0n) is 24.6. The molecule has 0 fully saturated rings. The van der Waals surface area contributed by atoms with Crippen LogP contribution in [0.5, 0.6) is 0 Å². The van der Waals surface area contributed by atoms with Crippen molar-refractivity contribution in [3.63, 3.8) is 0 Å². The van der Waals surface area contributed by atoms with Crippen LogP contribution in [0.1, 0.15) is 34.6 Å². The molecule has 3 rings (SSSR count). The Hall–Kier alpha value is -1.65. The summed E-state index contributed by atoms with van der Waals surface area (Å²) < 4.78 is 21.9. The Morgan fingerprint density at radius 1 is 0.939 bits per heavy atom. The molecule has 176 valence electrons. The topological polar surface area (TPSA) is 3.88 Å². The molecule has 1 aromatic heterocycles. The maximum atomic E-state index is 9.21. The van der Waals surface area contributed by atoms with Gasteiger partial charge in [0.25, 0.3) is 0 Å². The quantitative estimate of drug-likeness (QED) is 0.256. The number of aryl methyl sites for hydroxylation is 2. The van der Waals surface area contributed by atoms with Gasteiger partial charge in [-0.05, 0) is 0 Å². The van der Waals surface area contributed by atoms with Crippen molar-refractivity contribution in [3.8, 4) is 22.4 Å². The summed E-state index contributed by atoms with van der Waals surface area (Å²) >= 11 is -2.35. The van der Waals surface area contributed by atoms with Crippen LogP contribution in [-0.4, -0.2) is 21.3 Å². The minimum absolute atomic E-state index is 0.502. The molecule has 0 saturated heterocycles. The Kier molecular flexibility index (Phi) is 6.43. The molecule has 2 aromatic carbocycles. The molecule has 0 atom stereocenters. The fourth-order valence-electron chi connectivity index (χ4n) is 4.48. The van der Waals surface area contributed by atoms with E-state index in [2.05, 4.69) is 110 Å². The molecule has 0 bridgehead atoms. The van der Waals surface area contributed by atoms with E-state index in [1.807, 2.05) is 20.8 Å². The fourth-order valence-corrected chi connectivity index (χ4v) is 9.35. The van der Waals surface area contributed by atoms with Crippen molar-refractivity contribution in [2.75, 3.05) is 0 Å². The Morgan fingerprint density at radius 2 is 1.55 bits per heavy atom. The molecule has 33 heavy (non-hydrogen) atoms. The van der Waals surface area contributed by atoms with Gasteiger partial charge in [0.1, 0.15) is 0 Å². The maximum absolute atomic E-state index is 9.21. The van der Waals surface area contributed by atoms with E-state index in [0.29, 0.717) is 0 Å². The molecule has 0 spiro atoms. The van der Waals surface area contributed by atoms with E-state index in [1.165, 1.54) is 31.8 Å². The van der Waals surface area contributed by atoms with Gasteiger partial charge in [0, 0.05) is 0 Å². The molecule has 3 aromatic rings. The zero-order valence-corrected chi connectivity index (χ0v) is 25.7. The van der Waals surface area contributed by atoms with E-state index < -0.39 is 33.1 Å². The van der Waals surface area contributed by atoms with Gasteiger partial charge < -0.3 is 0 Å². The van der Waals surface area contributed by atoms with E-state index in [-0.39, 0.29) is 0 Å². The van der Waals surface area contributed by atoms with Gasteiger partial charge in [-0.25, -0.2) is 0 Å². The first-order valence-corrected chi connectivity index (χ1v) is 23.0. The van der Waals surface area contributed by atoms with Gasteiger partial charge in [0.05, 0.1) is 0 Å². The average molecular weight is 521 g/mol. The average Bonchev–Trinajstić information content (AvgIpc) is 2.72. The van der Waals surface area contributed by atoms with Crippen LogP contribution < -0.4 is 14.1 Å². The zero-order chi connectivity index (χ0) is 26.6. The third-order valence-corrected chi connectivity index (χ3v) is 12.4. The summed E-state index contributed by atoms with van der Waals surface area (Å²) in [6.45, 7) is 15.5. The van der Waals surface area contributed by atoms with Gasteiger partial charge in [-0.1, -0.05) is 0 Å². The third kappa shape index (κ3) is 6.08. The van der Waals surface area contributed by atoms with Crippen LogP contribution >= 0.6 is 0 Å². The summed E-state index contributed by atoms with van der Waals surface area (Å²) in [4.78, 5) is 0. The van der Waals surface area contributed by atoms with Gasteiger partial charge in [0.2, 0.25) is 0 Å². The number of rotatable bonds is 5. The van der Waals surface area contributed by atoms with Crippen molar-refractivity contribution < 1.29 is 7.31 Å². The number of aromatic nitrogens is 1. The van der Waals surface area contributed by atoms with E-state index in [1.54, 1.807) is 0 Å². The summed E-state index contributed by atoms with van der Waals surface area (Å²) in [5.74, 6) is 7.08. The Labute approximate surface area is 209 Å². The molecule has 0 aliphatic heterocycles. The van der Waals surface area contributed by atoms with Crippen molar-refractivity contribution in [2.24, 2.45) is 12.5 Å². The summed E-state index contributed by atoms with van der Waals surface area (Å²) in [6.07, 6.45) is 0.806. The van der Waals surface area contributed by atoms with Crippen molar-refractivity contribution in [1.29, 1.82) is 0 Å². The van der Waals surface area contributed by atoms with E-state index >= 15 is 0 Å². The first-order valence-electron chi connectivity index (χ1n) is 13.1. The van der Waals surface area contributed by atoms with Crippen LogP contribution in [0.4, 0.5) is 0 Å². The van der Waals surface area contributed by atoms with Crippen molar-refractivity contribution in [1.82, 2.24) is 0 Å². The minimum atomic E-state index is -2.35. The summed E-state index contributed by atoms with van der Waals surface area (Å²) in [5, 5.41) is 1.47. The van der Waals surface area contributed by atoms with E-state index in [0.717, 1.165) is 11.3 Å². The number of hydrogen-bond donors (Lipinski definition) is 0. The molecule has 0 unspecified atom stereocenters. The Bertz CT molecular complexity index is 1230. The first kappa shape index (κ1) is 23.1. The van der Waals surface area contributed by atoms with Crippen LogP contribution in [0.15, 0.2) is 54.7 Å². The second-order valence-corrected chi connectivity index (χ2v) is 28.2. The van der Waals surface area contributed by atoms with Crippen LogP contribution in [-0.2, 0) is 13.4 Å². The molecule has 1 heterocycles. The summed E-state index contributed by atoms with van der Waals surface area (Å²) in [5.41, 5.74) is 6.46. The Morgan fingerprint density at radius 3 is 2.06 bits per heavy atom. The molecule has 0 radical (unpaired) electrons. The Balaban J connectivity index is 2.40. The number of nitrogens with zero attached hydrogens (tertiary/aromatic N) is 1. The summed E-state index contributed by atoms with van der Waals surface area (Å²) in [6, 6.07) is 17.6. The van der Waals surface area contributed by atoms with Crippen LogP contribution in [0.25, 0.3) is 22.4 Å². The predicted molar refractivity (Wildman–Crippen MR) is 152 cm³/mol. The van der Waals surface area contributed by atoms with E-state index in [4.69, 9.17) is 0 Å². The standard InChI is InChI=1S/C30H44GeNSi/c1-22-17-29(33(9,10)11)26(23-15-13-12-14-16-23)19-25(22)28-18-24(20-30(2,3)4)27(21-32(28)8)31(5,6)7/h12-19,21H,20H2,1-11H3/q+1/i20D2. The van der Waals surface area contributed by atoms with Crippen LogP contribution in [0.3, 0.4) is 0 Å². The molecule has 0 saturated carbocycles. The monoisotopic (exact) mass is 522 g/mol. The third-order valence-electron chi connectivity index (χ3n) is 6.12. The molecule has 3 heteroatoms. The summed E-state index contributed by atoms with van der Waals surface area (Å²) in [7, 11) is 0.534. The molecular formula is C30H44GeNSi+.